The number of phenols is 2. The lowest BCUT2D eigenvalue weighted by atomic mass is 10.1. The van der Waals surface area contributed by atoms with Crippen LogP contribution in [-0.2, 0) is 38.0 Å². The van der Waals surface area contributed by atoms with Gasteiger partial charge in [-0.25, -0.2) is 14.4 Å². The number of aromatic hydroxyl groups is 2. The summed E-state index contributed by atoms with van der Waals surface area (Å²) in [5.74, 6) is -2.80. The van der Waals surface area contributed by atoms with Gasteiger partial charge in [-0.05, 0) is 36.4 Å². The van der Waals surface area contributed by atoms with Gasteiger partial charge in [0.1, 0.15) is 64.5 Å². The number of esters is 4. The number of hydrogen-bond donors (Lipinski definition) is 3. The molecule has 0 amide bonds. The summed E-state index contributed by atoms with van der Waals surface area (Å²) in [6, 6.07) is 18.4. The summed E-state index contributed by atoms with van der Waals surface area (Å²) in [7, 11) is 0. The van der Waals surface area contributed by atoms with Crippen molar-refractivity contribution in [2.24, 2.45) is 0 Å². The molecule has 15 heteroatoms. The van der Waals surface area contributed by atoms with E-state index in [-0.39, 0.29) is 60.4 Å². The lowest BCUT2D eigenvalue weighted by molar-refractivity contribution is -0.131. The lowest BCUT2D eigenvalue weighted by Gasteiger charge is -2.18. The predicted molar refractivity (Wildman–Crippen MR) is 167 cm³/mol. The van der Waals surface area contributed by atoms with Gasteiger partial charge in [-0.15, -0.1) is 0 Å². The van der Waals surface area contributed by atoms with E-state index in [1.54, 1.807) is 36.4 Å². The number of phenolic OH excluding ortho intramolecular Hbond substituents is 2. The number of ether oxygens (including phenoxy) is 8. The molecule has 4 fully saturated rings. The average Bonchev–Trinajstić information content (AvgIpc) is 3.87. The SMILES string of the molecule is CC(=O)Oc1ccccc1C(=O)O[C@H]1CO[C@H]2[C@@H]1OC[C@H]2OC(=O)c1ccccc1O.O=C(O[C@@H]1CO[C@H]2[C@@H]1OC[C@@H]2O)c1ccccc1O. The van der Waals surface area contributed by atoms with Crippen molar-refractivity contribution in [2.75, 3.05) is 26.4 Å². The first-order valence-corrected chi connectivity index (χ1v) is 15.7. The number of para-hydroxylation sites is 3. The molecule has 4 heterocycles. The highest BCUT2D eigenvalue weighted by molar-refractivity contribution is 5.94. The first-order chi connectivity index (χ1) is 24.1. The summed E-state index contributed by atoms with van der Waals surface area (Å²) >= 11 is 0. The summed E-state index contributed by atoms with van der Waals surface area (Å²) in [5.41, 5.74) is 0.236. The van der Waals surface area contributed by atoms with Crippen LogP contribution in [0, 0.1) is 0 Å². The number of benzene rings is 3. The van der Waals surface area contributed by atoms with Gasteiger partial charge >= 0.3 is 23.9 Å². The minimum absolute atomic E-state index is 0.0361. The van der Waals surface area contributed by atoms with Crippen LogP contribution in [0.15, 0.2) is 72.8 Å². The van der Waals surface area contributed by atoms with Gasteiger partial charge in [0, 0.05) is 6.92 Å². The van der Waals surface area contributed by atoms with Crippen LogP contribution in [0.25, 0.3) is 0 Å². The third kappa shape index (κ3) is 7.56. The van der Waals surface area contributed by atoms with Crippen LogP contribution in [0.2, 0.25) is 0 Å². The molecule has 264 valence electrons. The topological polar surface area (TPSA) is 203 Å². The molecule has 3 aromatic rings. The van der Waals surface area contributed by atoms with Crippen LogP contribution in [-0.4, -0.2) is 114 Å². The van der Waals surface area contributed by atoms with Gasteiger partial charge < -0.3 is 53.2 Å². The van der Waals surface area contributed by atoms with E-state index in [1.807, 2.05) is 0 Å². The Bertz CT molecular complexity index is 1730. The van der Waals surface area contributed by atoms with Crippen molar-refractivity contribution >= 4 is 23.9 Å². The summed E-state index contributed by atoms with van der Waals surface area (Å²) in [6.45, 7) is 1.72. The molecule has 4 aliphatic heterocycles. The molecule has 0 aromatic heterocycles. The minimum atomic E-state index is -0.725. The Morgan fingerprint density at radius 1 is 0.560 bits per heavy atom. The van der Waals surface area contributed by atoms with Crippen LogP contribution in [0.1, 0.15) is 38.0 Å². The number of hydrogen-bond acceptors (Lipinski definition) is 15. The summed E-state index contributed by atoms with van der Waals surface area (Å²) in [4.78, 5) is 48.2. The molecule has 3 aromatic carbocycles. The molecule has 8 atom stereocenters. The van der Waals surface area contributed by atoms with Crippen LogP contribution in [0.5, 0.6) is 17.2 Å². The largest absolute Gasteiger partial charge is 0.507 e. The van der Waals surface area contributed by atoms with E-state index in [9.17, 15) is 34.5 Å². The fraction of sp³-hybridized carbons (Fsp3) is 0.371. The molecule has 15 nitrogen and oxygen atoms in total. The molecule has 4 saturated heterocycles. The maximum atomic E-state index is 12.6. The predicted octanol–water partition coefficient (Wildman–Crippen LogP) is 1.94. The molecule has 0 saturated carbocycles. The van der Waals surface area contributed by atoms with E-state index in [4.69, 9.17) is 37.9 Å². The highest BCUT2D eigenvalue weighted by Crippen LogP contribution is 2.33. The zero-order valence-electron chi connectivity index (χ0n) is 26.6. The number of carbonyl (C=O) groups excluding carboxylic acids is 4. The molecule has 0 aliphatic carbocycles. The highest BCUT2D eigenvalue weighted by atomic mass is 16.7. The van der Waals surface area contributed by atoms with Crippen LogP contribution >= 0.6 is 0 Å². The zero-order chi connectivity index (χ0) is 35.4. The first-order valence-electron chi connectivity index (χ1n) is 15.7. The van der Waals surface area contributed by atoms with E-state index in [0.29, 0.717) is 0 Å². The maximum Gasteiger partial charge on any atom is 0.342 e. The summed E-state index contributed by atoms with van der Waals surface area (Å²) in [6.07, 6.45) is -4.80. The zero-order valence-corrected chi connectivity index (χ0v) is 26.6. The number of rotatable bonds is 7. The van der Waals surface area contributed by atoms with Crippen molar-refractivity contribution in [3.63, 3.8) is 0 Å². The fourth-order valence-electron chi connectivity index (χ4n) is 5.95. The fourth-order valence-corrected chi connectivity index (χ4v) is 5.95. The van der Waals surface area contributed by atoms with Gasteiger partial charge in [0.15, 0.2) is 18.3 Å². The Labute approximate surface area is 285 Å². The van der Waals surface area contributed by atoms with Gasteiger partial charge in [-0.1, -0.05) is 36.4 Å². The molecular weight excluding hydrogens is 660 g/mol. The van der Waals surface area contributed by atoms with E-state index < -0.39 is 72.7 Å². The number of aliphatic hydroxyl groups excluding tert-OH is 1. The number of aliphatic hydroxyl groups is 1. The van der Waals surface area contributed by atoms with E-state index in [1.165, 1.54) is 43.3 Å². The van der Waals surface area contributed by atoms with Crippen molar-refractivity contribution < 1.29 is 72.4 Å². The van der Waals surface area contributed by atoms with Crippen LogP contribution in [0.3, 0.4) is 0 Å². The first kappa shape index (κ1) is 34.8. The van der Waals surface area contributed by atoms with Gasteiger partial charge in [0.2, 0.25) is 0 Å². The number of carbonyl (C=O) groups is 4. The summed E-state index contributed by atoms with van der Waals surface area (Å²) in [5, 5.41) is 29.0. The van der Waals surface area contributed by atoms with E-state index in [0.717, 1.165) is 0 Å². The second kappa shape index (κ2) is 15.2. The molecule has 0 spiro atoms. The Morgan fingerprint density at radius 2 is 0.940 bits per heavy atom. The Balaban J connectivity index is 0.000000194. The second-order valence-electron chi connectivity index (χ2n) is 11.7. The lowest BCUT2D eigenvalue weighted by Crippen LogP contribution is -2.36. The van der Waals surface area contributed by atoms with E-state index in [2.05, 4.69) is 0 Å². The van der Waals surface area contributed by atoms with Gasteiger partial charge in [0.05, 0.1) is 26.4 Å². The van der Waals surface area contributed by atoms with Crippen LogP contribution < -0.4 is 4.74 Å². The number of fused-ring (bicyclic) bond motifs is 2. The van der Waals surface area contributed by atoms with Crippen molar-refractivity contribution in [3.05, 3.63) is 89.5 Å². The molecule has 0 bridgehead atoms. The quantitative estimate of drug-likeness (QED) is 0.184. The van der Waals surface area contributed by atoms with E-state index >= 15 is 0 Å². The second-order valence-corrected chi connectivity index (χ2v) is 11.7. The normalized spacial score (nSPS) is 27.6. The summed E-state index contributed by atoms with van der Waals surface area (Å²) < 4.78 is 43.4. The van der Waals surface area contributed by atoms with Crippen molar-refractivity contribution in [1.82, 2.24) is 0 Å². The minimum Gasteiger partial charge on any atom is -0.507 e. The Hall–Kier alpha value is -5.06. The monoisotopic (exact) mass is 694 g/mol. The average molecular weight is 695 g/mol. The maximum absolute atomic E-state index is 12.6. The van der Waals surface area contributed by atoms with Gasteiger partial charge in [-0.2, -0.15) is 0 Å². The molecule has 50 heavy (non-hydrogen) atoms. The third-order valence-electron chi connectivity index (χ3n) is 8.33. The van der Waals surface area contributed by atoms with Crippen molar-refractivity contribution in [2.45, 2.75) is 55.8 Å². The van der Waals surface area contributed by atoms with Gasteiger partial charge in [0.25, 0.3) is 0 Å². The highest BCUT2D eigenvalue weighted by Gasteiger charge is 2.52. The molecular formula is C35H34O15. The van der Waals surface area contributed by atoms with Gasteiger partial charge in [-0.3, -0.25) is 4.79 Å². The Morgan fingerprint density at radius 3 is 1.42 bits per heavy atom. The molecule has 0 unspecified atom stereocenters. The smallest absolute Gasteiger partial charge is 0.342 e. The van der Waals surface area contributed by atoms with Crippen molar-refractivity contribution in [1.29, 1.82) is 0 Å². The van der Waals surface area contributed by atoms with Crippen LogP contribution in [0.4, 0.5) is 0 Å². The molecule has 3 N–H and O–H groups in total. The molecule has 0 radical (unpaired) electrons. The molecule has 4 aliphatic rings. The third-order valence-corrected chi connectivity index (χ3v) is 8.33. The molecule has 7 rings (SSSR count). The Kier molecular flexibility index (Phi) is 10.6. The standard InChI is InChI=1S/C22H20O9.C13H14O6/c1-12(23)29-16-9-5-3-7-14(16)22(26)31-18-11-28-19-17(10-27-20(18)19)30-21(25)13-6-2-4-8-15(13)24;14-8-4-2-1-3-7(8)13(16)19-10-6-18-11-9(15)5-17-12(10)11/h2-9,17-20,24H,10-11H2,1H3;1-4,9-12,14-15H,5-6H2/t17-,18+,19-,20-;9-,10+,11+,12+/m10/s1. The van der Waals surface area contributed by atoms with Crippen molar-refractivity contribution in [3.8, 4) is 17.2 Å².